The molecule has 3 aromatic rings. The molecule has 0 bridgehead atoms. The molecule has 0 unspecified atom stereocenters. The maximum atomic E-state index is 11.3. The Kier molecular flexibility index (Phi) is 5.41. The highest BCUT2D eigenvalue weighted by atomic mass is 32.2. The van der Waals surface area contributed by atoms with Gasteiger partial charge in [0, 0.05) is 19.3 Å². The summed E-state index contributed by atoms with van der Waals surface area (Å²) >= 11 is 1.41. The van der Waals surface area contributed by atoms with E-state index in [1.807, 2.05) is 18.2 Å². The zero-order chi connectivity index (χ0) is 18.4. The van der Waals surface area contributed by atoms with Gasteiger partial charge in [-0.25, -0.2) is 15.0 Å². The average Bonchev–Trinajstić information content (AvgIpc) is 2.63. The number of pyridine rings is 1. The lowest BCUT2D eigenvalue weighted by atomic mass is 10.1. The maximum Gasteiger partial charge on any atom is 0.228 e. The van der Waals surface area contributed by atoms with Crippen molar-refractivity contribution in [1.29, 1.82) is 5.26 Å². The van der Waals surface area contributed by atoms with Crippen LogP contribution in [-0.4, -0.2) is 20.9 Å². The van der Waals surface area contributed by atoms with E-state index in [0.29, 0.717) is 22.9 Å². The summed E-state index contributed by atoms with van der Waals surface area (Å²) in [6, 6.07) is 14.7. The molecule has 1 amide bonds. The van der Waals surface area contributed by atoms with Crippen LogP contribution in [0.4, 0.5) is 17.3 Å². The molecular weight excluding hydrogens is 348 g/mol. The molecule has 0 radical (unpaired) electrons. The zero-order valence-electron chi connectivity index (χ0n) is 13.8. The third-order valence-corrected chi connectivity index (χ3v) is 4.10. The van der Waals surface area contributed by atoms with E-state index < -0.39 is 0 Å². The van der Waals surface area contributed by atoms with Crippen molar-refractivity contribution in [3.63, 3.8) is 0 Å². The van der Waals surface area contributed by atoms with Crippen LogP contribution in [0.2, 0.25) is 0 Å². The van der Waals surface area contributed by atoms with Crippen LogP contribution in [0, 0.1) is 11.3 Å². The molecule has 0 spiro atoms. The summed E-state index contributed by atoms with van der Waals surface area (Å²) in [7, 11) is 0. The standard InChI is InChI=1S/C18H14N6OS/c1-12(25)22-14-5-4-6-15(13(14)11-19)23-18-21-10-8-17(24-18)26-16-7-2-3-9-20-16/h2-10H,1H3,(H,22,25)(H,21,23,24). The summed E-state index contributed by atoms with van der Waals surface area (Å²) < 4.78 is 0. The molecule has 0 saturated carbocycles. The first-order valence-electron chi connectivity index (χ1n) is 7.65. The molecule has 0 saturated heterocycles. The van der Waals surface area contributed by atoms with E-state index in [1.54, 1.807) is 36.7 Å². The number of nitriles is 1. The Morgan fingerprint density at radius 1 is 1.04 bits per heavy atom. The van der Waals surface area contributed by atoms with Gasteiger partial charge in [-0.1, -0.05) is 12.1 Å². The molecule has 0 atom stereocenters. The third kappa shape index (κ3) is 4.34. The summed E-state index contributed by atoms with van der Waals surface area (Å²) in [4.78, 5) is 24.2. The molecule has 0 aliphatic rings. The number of rotatable bonds is 5. The Balaban J connectivity index is 1.84. The molecular formula is C18H14N6OS. The number of carbonyl (C=O) groups is 1. The predicted octanol–water partition coefficient (Wildman–Crippen LogP) is 3.60. The number of aromatic nitrogens is 3. The van der Waals surface area contributed by atoms with Gasteiger partial charge in [-0.15, -0.1) is 0 Å². The second-order valence-electron chi connectivity index (χ2n) is 5.13. The molecule has 26 heavy (non-hydrogen) atoms. The monoisotopic (exact) mass is 362 g/mol. The molecule has 0 aliphatic heterocycles. The summed E-state index contributed by atoms with van der Waals surface area (Å²) in [5.74, 6) is 0.103. The first-order chi connectivity index (χ1) is 12.7. The summed E-state index contributed by atoms with van der Waals surface area (Å²) in [6.07, 6.45) is 3.35. The Morgan fingerprint density at radius 3 is 2.62 bits per heavy atom. The van der Waals surface area contributed by atoms with E-state index in [2.05, 4.69) is 31.7 Å². The van der Waals surface area contributed by atoms with Gasteiger partial charge in [0.25, 0.3) is 0 Å². The second-order valence-corrected chi connectivity index (χ2v) is 6.18. The smallest absolute Gasteiger partial charge is 0.228 e. The Bertz CT molecular complexity index is 971. The molecule has 2 aromatic heterocycles. The Labute approximate surface area is 154 Å². The van der Waals surface area contributed by atoms with Gasteiger partial charge in [-0.3, -0.25) is 4.79 Å². The van der Waals surface area contributed by atoms with E-state index in [4.69, 9.17) is 0 Å². The van der Waals surface area contributed by atoms with Crippen molar-refractivity contribution in [3.8, 4) is 6.07 Å². The topological polar surface area (TPSA) is 104 Å². The van der Waals surface area contributed by atoms with E-state index in [0.717, 1.165) is 10.1 Å². The minimum Gasteiger partial charge on any atom is -0.325 e. The molecule has 0 aliphatic carbocycles. The molecule has 128 valence electrons. The zero-order valence-corrected chi connectivity index (χ0v) is 14.6. The minimum atomic E-state index is -0.247. The van der Waals surface area contributed by atoms with Crippen LogP contribution in [0.1, 0.15) is 12.5 Å². The molecule has 2 N–H and O–H groups in total. The van der Waals surface area contributed by atoms with Crippen LogP contribution in [0.25, 0.3) is 0 Å². The second kappa shape index (κ2) is 8.09. The first kappa shape index (κ1) is 17.4. The van der Waals surface area contributed by atoms with Crippen LogP contribution in [0.5, 0.6) is 0 Å². The van der Waals surface area contributed by atoms with Crippen molar-refractivity contribution in [3.05, 3.63) is 60.4 Å². The van der Waals surface area contributed by atoms with Crippen molar-refractivity contribution in [2.24, 2.45) is 0 Å². The summed E-state index contributed by atoms with van der Waals surface area (Å²) in [5, 5.41) is 16.7. The average molecular weight is 362 g/mol. The SMILES string of the molecule is CC(=O)Nc1cccc(Nc2nccc(Sc3ccccn3)n2)c1C#N. The van der Waals surface area contributed by atoms with Crippen molar-refractivity contribution < 1.29 is 4.79 Å². The van der Waals surface area contributed by atoms with Crippen molar-refractivity contribution in [1.82, 2.24) is 15.0 Å². The van der Waals surface area contributed by atoms with Gasteiger partial charge in [0.05, 0.1) is 16.9 Å². The third-order valence-electron chi connectivity index (χ3n) is 3.21. The van der Waals surface area contributed by atoms with Gasteiger partial charge in [0.2, 0.25) is 11.9 Å². The van der Waals surface area contributed by atoms with Crippen molar-refractivity contribution in [2.75, 3.05) is 10.6 Å². The van der Waals surface area contributed by atoms with Crippen LogP contribution in [0.3, 0.4) is 0 Å². The van der Waals surface area contributed by atoms with Crippen LogP contribution in [-0.2, 0) is 4.79 Å². The Morgan fingerprint density at radius 2 is 1.88 bits per heavy atom. The van der Waals surface area contributed by atoms with Gasteiger partial charge < -0.3 is 10.6 Å². The fourth-order valence-electron chi connectivity index (χ4n) is 2.17. The van der Waals surface area contributed by atoms with Gasteiger partial charge >= 0.3 is 0 Å². The Hall–Kier alpha value is -3.44. The summed E-state index contributed by atoms with van der Waals surface area (Å²) in [5.41, 5.74) is 1.26. The van der Waals surface area contributed by atoms with Crippen LogP contribution < -0.4 is 10.6 Å². The molecule has 3 rings (SSSR count). The van der Waals surface area contributed by atoms with Gasteiger partial charge in [0.1, 0.15) is 16.1 Å². The highest BCUT2D eigenvalue weighted by Gasteiger charge is 2.11. The summed E-state index contributed by atoms with van der Waals surface area (Å²) in [6.45, 7) is 1.39. The largest absolute Gasteiger partial charge is 0.325 e. The van der Waals surface area contributed by atoms with Gasteiger partial charge in [0.15, 0.2) is 0 Å². The fourth-order valence-corrected chi connectivity index (χ4v) is 2.90. The lowest BCUT2D eigenvalue weighted by Crippen LogP contribution is -2.08. The van der Waals surface area contributed by atoms with E-state index in [1.165, 1.54) is 18.7 Å². The number of hydrogen-bond acceptors (Lipinski definition) is 7. The molecule has 8 heteroatoms. The quantitative estimate of drug-likeness (QED) is 0.668. The molecule has 2 heterocycles. The highest BCUT2D eigenvalue weighted by Crippen LogP contribution is 2.27. The van der Waals surface area contributed by atoms with Crippen molar-refractivity contribution >= 4 is 35.0 Å². The van der Waals surface area contributed by atoms with Gasteiger partial charge in [-0.2, -0.15) is 5.26 Å². The number of anilines is 3. The number of hydrogen-bond donors (Lipinski definition) is 2. The van der Waals surface area contributed by atoms with Gasteiger partial charge in [-0.05, 0) is 42.1 Å². The number of nitrogens with one attached hydrogen (secondary N) is 2. The molecule has 1 aromatic carbocycles. The fraction of sp³-hybridized carbons (Fsp3) is 0.0556. The lowest BCUT2D eigenvalue weighted by molar-refractivity contribution is -0.114. The number of carbonyl (C=O) groups excluding carboxylic acids is 1. The minimum absolute atomic E-state index is 0.247. The van der Waals surface area contributed by atoms with Crippen LogP contribution >= 0.6 is 11.8 Å². The molecule has 0 fully saturated rings. The van der Waals surface area contributed by atoms with Crippen molar-refractivity contribution in [2.45, 2.75) is 17.0 Å². The molecule has 7 nitrogen and oxygen atoms in total. The van der Waals surface area contributed by atoms with E-state index >= 15 is 0 Å². The lowest BCUT2D eigenvalue weighted by Gasteiger charge is -2.11. The first-order valence-corrected chi connectivity index (χ1v) is 8.47. The maximum absolute atomic E-state index is 11.3. The van der Waals surface area contributed by atoms with E-state index in [9.17, 15) is 10.1 Å². The number of amides is 1. The normalized spacial score (nSPS) is 10.0. The van der Waals surface area contributed by atoms with E-state index in [-0.39, 0.29) is 5.91 Å². The number of nitrogens with zero attached hydrogens (tertiary/aromatic N) is 4. The predicted molar refractivity (Wildman–Crippen MR) is 99.1 cm³/mol. The van der Waals surface area contributed by atoms with Crippen LogP contribution in [0.15, 0.2) is 64.9 Å². The number of benzene rings is 1. The highest BCUT2D eigenvalue weighted by molar-refractivity contribution is 7.99.